The number of carbonyl (C=O) groups is 1. The zero-order valence-electron chi connectivity index (χ0n) is 12.1. The van der Waals surface area contributed by atoms with Crippen LogP contribution >= 0.6 is 11.8 Å². The van der Waals surface area contributed by atoms with E-state index in [1.54, 1.807) is 7.11 Å². The number of rotatable bonds is 8. The lowest BCUT2D eigenvalue weighted by atomic mass is 10.2. The molecule has 0 saturated carbocycles. The summed E-state index contributed by atoms with van der Waals surface area (Å²) >= 11 is 1.21. The van der Waals surface area contributed by atoms with Crippen LogP contribution in [0.1, 0.15) is 12.0 Å². The first-order valence-electron chi connectivity index (χ1n) is 6.31. The smallest absolute Gasteiger partial charge is 0.257 e. The van der Waals surface area contributed by atoms with Crippen LogP contribution in [0.3, 0.4) is 0 Å². The van der Waals surface area contributed by atoms with Gasteiger partial charge >= 0.3 is 0 Å². The molecule has 21 heavy (non-hydrogen) atoms. The fourth-order valence-corrected chi connectivity index (χ4v) is 2.34. The highest BCUT2D eigenvalue weighted by molar-refractivity contribution is 8.07. The molecule has 0 radical (unpaired) electrons. The topological polar surface area (TPSA) is 64.4 Å². The molecule has 1 rings (SSSR count). The van der Waals surface area contributed by atoms with Gasteiger partial charge in [-0.3, -0.25) is 4.79 Å². The number of carbonyl (C=O) groups excluding carboxylic acids is 1. The van der Waals surface area contributed by atoms with Crippen LogP contribution in [0.2, 0.25) is 0 Å². The number of nitrogens with one attached hydrogen (secondary N) is 1. The largest absolute Gasteiger partial charge is 0.497 e. The maximum Gasteiger partial charge on any atom is 0.257 e. The van der Waals surface area contributed by atoms with E-state index in [4.69, 9.17) is 10.5 Å². The van der Waals surface area contributed by atoms with Gasteiger partial charge in [0.2, 0.25) is 0 Å². The van der Waals surface area contributed by atoms with E-state index in [-0.39, 0.29) is 5.91 Å². The van der Waals surface area contributed by atoms with Crippen LogP contribution < -0.4 is 15.8 Å². The Balaban J connectivity index is 2.47. The van der Waals surface area contributed by atoms with Crippen molar-refractivity contribution in [2.24, 2.45) is 5.73 Å². The summed E-state index contributed by atoms with van der Waals surface area (Å²) in [6.45, 7) is 11.6. The predicted octanol–water partition coefficient (Wildman–Crippen LogP) is 2.93. The van der Waals surface area contributed by atoms with Crippen molar-refractivity contribution in [3.63, 3.8) is 0 Å². The van der Waals surface area contributed by atoms with Gasteiger partial charge in [0.05, 0.1) is 12.0 Å². The highest BCUT2D eigenvalue weighted by Crippen LogP contribution is 2.26. The maximum atomic E-state index is 11.9. The molecule has 0 bridgehead atoms. The van der Waals surface area contributed by atoms with Crippen LogP contribution in [0.15, 0.2) is 59.5 Å². The van der Waals surface area contributed by atoms with Crippen molar-refractivity contribution in [1.29, 1.82) is 0 Å². The Bertz CT molecular complexity index is 567. The lowest BCUT2D eigenvalue weighted by molar-refractivity contribution is -0.116. The number of ether oxygens (including phenoxy) is 1. The first-order chi connectivity index (χ1) is 9.92. The van der Waals surface area contributed by atoms with Crippen molar-refractivity contribution in [2.45, 2.75) is 13.0 Å². The average molecular weight is 304 g/mol. The number of hydrogen-bond donors (Lipinski definition) is 2. The van der Waals surface area contributed by atoms with Crippen molar-refractivity contribution < 1.29 is 9.53 Å². The summed E-state index contributed by atoms with van der Waals surface area (Å²) in [6, 6.07) is 7.51. The zero-order valence-corrected chi connectivity index (χ0v) is 13.0. The molecule has 5 heteroatoms. The van der Waals surface area contributed by atoms with E-state index in [0.29, 0.717) is 23.6 Å². The Labute approximate surface area is 129 Å². The number of benzene rings is 1. The predicted molar refractivity (Wildman–Crippen MR) is 88.7 cm³/mol. The molecule has 1 aromatic rings. The number of thioether (sulfide) groups is 1. The molecule has 112 valence electrons. The van der Waals surface area contributed by atoms with Crippen molar-refractivity contribution in [1.82, 2.24) is 5.32 Å². The van der Waals surface area contributed by atoms with E-state index < -0.39 is 0 Å². The average Bonchev–Trinajstić information content (AvgIpc) is 2.43. The lowest BCUT2D eigenvalue weighted by Gasteiger charge is -2.09. The van der Waals surface area contributed by atoms with Gasteiger partial charge in [-0.05, 0) is 22.6 Å². The van der Waals surface area contributed by atoms with Gasteiger partial charge in [0.15, 0.2) is 0 Å². The Kier molecular flexibility index (Phi) is 6.62. The molecule has 0 fully saturated rings. The molecule has 4 nitrogen and oxygen atoms in total. The second-order valence-corrected chi connectivity index (χ2v) is 5.71. The van der Waals surface area contributed by atoms with E-state index in [1.165, 1.54) is 11.8 Å². The molecule has 1 amide bonds. The monoisotopic (exact) mass is 304 g/mol. The van der Waals surface area contributed by atoms with Crippen LogP contribution in [-0.2, 0) is 11.3 Å². The molecule has 3 N–H and O–H groups in total. The number of hydrogen-bond acceptors (Lipinski definition) is 4. The normalized spacial score (nSPS) is 9.76. The molecule has 1 aromatic carbocycles. The van der Waals surface area contributed by atoms with Gasteiger partial charge < -0.3 is 15.8 Å². The Morgan fingerprint density at radius 3 is 2.71 bits per heavy atom. The summed E-state index contributed by atoms with van der Waals surface area (Å²) < 4.78 is 5.13. The molecule has 0 aliphatic rings. The summed E-state index contributed by atoms with van der Waals surface area (Å²) in [6.07, 6.45) is 0.465. The van der Waals surface area contributed by atoms with E-state index in [2.05, 4.69) is 25.1 Å². The number of allylic oxidation sites excluding steroid dienone is 1. The van der Waals surface area contributed by atoms with Gasteiger partial charge in [0.25, 0.3) is 5.91 Å². The second-order valence-electron chi connectivity index (χ2n) is 4.43. The fraction of sp³-hybridized carbons (Fsp3) is 0.188. The van der Waals surface area contributed by atoms with Crippen molar-refractivity contribution in [2.75, 3.05) is 7.11 Å². The molecule has 0 saturated heterocycles. The number of methoxy groups -OCH3 is 1. The van der Waals surface area contributed by atoms with Gasteiger partial charge in [0.1, 0.15) is 5.75 Å². The van der Waals surface area contributed by atoms with Gasteiger partial charge in [0, 0.05) is 18.7 Å². The summed E-state index contributed by atoms with van der Waals surface area (Å²) in [7, 11) is 1.60. The zero-order chi connectivity index (χ0) is 15.8. The summed E-state index contributed by atoms with van der Waals surface area (Å²) in [5.74, 6) is 0.524. The van der Waals surface area contributed by atoms with E-state index in [9.17, 15) is 4.79 Å². The Hall–Kier alpha value is -2.14. The van der Waals surface area contributed by atoms with Gasteiger partial charge in [-0.1, -0.05) is 43.6 Å². The lowest BCUT2D eigenvalue weighted by Crippen LogP contribution is -2.23. The molecule has 0 unspecified atom stereocenters. The maximum absolute atomic E-state index is 11.9. The van der Waals surface area contributed by atoms with Crippen LogP contribution in [0, 0.1) is 0 Å². The third kappa shape index (κ3) is 6.23. The van der Waals surface area contributed by atoms with Gasteiger partial charge in [-0.2, -0.15) is 0 Å². The van der Waals surface area contributed by atoms with Crippen LogP contribution in [0.25, 0.3) is 0 Å². The van der Waals surface area contributed by atoms with Crippen molar-refractivity contribution in [3.05, 3.63) is 65.1 Å². The second kappa shape index (κ2) is 8.21. The summed E-state index contributed by atoms with van der Waals surface area (Å²) in [5.41, 5.74) is 6.96. The molecule has 0 aromatic heterocycles. The third-order valence-corrected chi connectivity index (χ3v) is 3.40. The molecule has 0 spiro atoms. The fourth-order valence-electron chi connectivity index (χ4n) is 1.57. The Morgan fingerprint density at radius 2 is 2.10 bits per heavy atom. The first-order valence-corrected chi connectivity index (χ1v) is 7.13. The highest BCUT2D eigenvalue weighted by atomic mass is 32.2. The van der Waals surface area contributed by atoms with E-state index in [1.807, 2.05) is 24.3 Å². The summed E-state index contributed by atoms with van der Waals surface area (Å²) in [5, 5.41) is 2.80. The minimum atomic E-state index is -0.230. The van der Waals surface area contributed by atoms with Crippen molar-refractivity contribution >= 4 is 17.7 Å². The van der Waals surface area contributed by atoms with Crippen LogP contribution in [-0.4, -0.2) is 13.0 Å². The first kappa shape index (κ1) is 16.9. The Morgan fingerprint density at radius 1 is 1.38 bits per heavy atom. The molecule has 0 aliphatic heterocycles. The van der Waals surface area contributed by atoms with Crippen molar-refractivity contribution in [3.8, 4) is 5.75 Å². The van der Waals surface area contributed by atoms with Crippen LogP contribution in [0.4, 0.5) is 0 Å². The minimum Gasteiger partial charge on any atom is -0.497 e. The molecule has 0 heterocycles. The molecule has 0 atom stereocenters. The van der Waals surface area contributed by atoms with Crippen LogP contribution in [0.5, 0.6) is 5.75 Å². The van der Waals surface area contributed by atoms with E-state index >= 15 is 0 Å². The van der Waals surface area contributed by atoms with Gasteiger partial charge in [-0.15, -0.1) is 0 Å². The number of amides is 1. The molecular formula is C16H20N2O2S. The quantitative estimate of drug-likeness (QED) is 0.725. The SMILES string of the molecule is C=C(N)CC(=C)SC(=C)C(=O)NCc1cccc(OC)c1. The van der Waals surface area contributed by atoms with E-state index in [0.717, 1.165) is 16.2 Å². The highest BCUT2D eigenvalue weighted by Gasteiger charge is 2.09. The minimum absolute atomic E-state index is 0.230. The standard InChI is InChI=1S/C16H20N2O2S/c1-11(17)8-12(2)21-13(3)16(19)18-10-14-6-5-7-15(9-14)20-4/h5-7,9H,1-3,8,10,17H2,4H3,(H,18,19). The van der Waals surface area contributed by atoms with Gasteiger partial charge in [-0.25, -0.2) is 0 Å². The number of nitrogens with two attached hydrogens (primary N) is 1. The third-order valence-electron chi connectivity index (χ3n) is 2.53. The summed E-state index contributed by atoms with van der Waals surface area (Å²) in [4.78, 5) is 13.1. The molecular weight excluding hydrogens is 284 g/mol. The molecule has 0 aliphatic carbocycles.